The number of allylic oxidation sites excluding steroid dienone is 4. The van der Waals surface area contributed by atoms with Gasteiger partial charge in [0.05, 0.1) is 0 Å². The van der Waals surface area contributed by atoms with E-state index in [1.807, 2.05) is 13.0 Å². The Morgan fingerprint density at radius 3 is 2.79 bits per heavy atom. The predicted molar refractivity (Wildman–Crippen MR) is 58.4 cm³/mol. The molecule has 0 N–H and O–H groups in total. The molecule has 0 fully saturated rings. The van der Waals surface area contributed by atoms with Crippen molar-refractivity contribution in [1.82, 2.24) is 0 Å². The van der Waals surface area contributed by atoms with Crippen molar-refractivity contribution in [2.75, 3.05) is 0 Å². The minimum atomic E-state index is -0.105. The van der Waals surface area contributed by atoms with Crippen LogP contribution in [0.4, 0.5) is 4.39 Å². The van der Waals surface area contributed by atoms with Gasteiger partial charge in [0.2, 0.25) is 0 Å². The summed E-state index contributed by atoms with van der Waals surface area (Å²) in [5.74, 6) is 5.96. The highest BCUT2D eigenvalue weighted by Gasteiger charge is 2.19. The first-order chi connectivity index (χ1) is 6.55. The third kappa shape index (κ3) is 3.03. The third-order valence-corrected chi connectivity index (χ3v) is 2.33. The molecule has 0 nitrogen and oxygen atoms in total. The molecule has 0 aromatic rings. The Kier molecular flexibility index (Phi) is 3.52. The van der Waals surface area contributed by atoms with Gasteiger partial charge in [-0.2, -0.15) is 0 Å². The van der Waals surface area contributed by atoms with Crippen molar-refractivity contribution in [3.8, 4) is 11.8 Å². The van der Waals surface area contributed by atoms with Crippen molar-refractivity contribution in [3.05, 3.63) is 23.6 Å². The summed E-state index contributed by atoms with van der Waals surface area (Å²) in [6.45, 7) is 5.94. The van der Waals surface area contributed by atoms with Gasteiger partial charge < -0.3 is 0 Å². The van der Waals surface area contributed by atoms with Gasteiger partial charge in [-0.25, -0.2) is 4.39 Å². The Morgan fingerprint density at radius 2 is 2.21 bits per heavy atom. The van der Waals surface area contributed by atoms with E-state index in [4.69, 9.17) is 0 Å². The van der Waals surface area contributed by atoms with E-state index >= 15 is 0 Å². The van der Waals surface area contributed by atoms with Gasteiger partial charge in [0.1, 0.15) is 5.83 Å². The normalized spacial score (nSPS) is 16.6. The lowest BCUT2D eigenvalue weighted by molar-refractivity contribution is 0.474. The van der Waals surface area contributed by atoms with Crippen LogP contribution in [0.3, 0.4) is 0 Å². The van der Waals surface area contributed by atoms with Crippen molar-refractivity contribution >= 4 is 0 Å². The maximum atomic E-state index is 13.4. The fourth-order valence-corrected chi connectivity index (χ4v) is 1.77. The molecule has 0 atom stereocenters. The minimum Gasteiger partial charge on any atom is -0.207 e. The second-order valence-corrected chi connectivity index (χ2v) is 4.33. The van der Waals surface area contributed by atoms with E-state index in [9.17, 15) is 4.39 Å². The smallest absolute Gasteiger partial charge is 0.122 e. The molecule has 1 aliphatic rings. The molecule has 0 aromatic carbocycles. The van der Waals surface area contributed by atoms with Crippen LogP contribution in [-0.2, 0) is 0 Å². The molecule has 0 spiro atoms. The van der Waals surface area contributed by atoms with E-state index < -0.39 is 0 Å². The molecule has 0 bridgehead atoms. The summed E-state index contributed by atoms with van der Waals surface area (Å²) < 4.78 is 13.4. The first-order valence-corrected chi connectivity index (χ1v) is 5.03. The fourth-order valence-electron chi connectivity index (χ4n) is 1.77. The van der Waals surface area contributed by atoms with Crippen molar-refractivity contribution in [2.45, 2.75) is 40.0 Å². The van der Waals surface area contributed by atoms with Crippen LogP contribution >= 0.6 is 0 Å². The molecule has 0 unspecified atom stereocenters. The van der Waals surface area contributed by atoms with Gasteiger partial charge >= 0.3 is 0 Å². The van der Waals surface area contributed by atoms with Crippen LogP contribution in [0.25, 0.3) is 0 Å². The van der Waals surface area contributed by atoms with Crippen molar-refractivity contribution < 1.29 is 4.39 Å². The highest BCUT2D eigenvalue weighted by atomic mass is 19.1. The topological polar surface area (TPSA) is 0 Å². The Bertz CT molecular complexity index is 321. The van der Waals surface area contributed by atoms with Crippen LogP contribution in [0.15, 0.2) is 23.6 Å². The molecule has 0 saturated carbocycles. The maximum absolute atomic E-state index is 13.4. The Balaban J connectivity index is 2.76. The first-order valence-electron chi connectivity index (χ1n) is 5.03. The van der Waals surface area contributed by atoms with Crippen LogP contribution < -0.4 is 0 Å². The molecular weight excluding hydrogens is 175 g/mol. The van der Waals surface area contributed by atoms with Gasteiger partial charge in [-0.1, -0.05) is 12.0 Å². The van der Waals surface area contributed by atoms with E-state index in [2.05, 4.69) is 25.7 Å². The quantitative estimate of drug-likeness (QED) is 0.580. The molecule has 0 amide bonds. The molecule has 0 heterocycles. The number of hydrogen-bond acceptors (Lipinski definition) is 0. The Labute approximate surface area is 85.9 Å². The van der Waals surface area contributed by atoms with Gasteiger partial charge in [0, 0.05) is 5.41 Å². The molecule has 76 valence electrons. The zero-order valence-corrected chi connectivity index (χ0v) is 9.15. The van der Waals surface area contributed by atoms with Crippen molar-refractivity contribution in [3.63, 3.8) is 0 Å². The molecule has 0 saturated heterocycles. The molecule has 14 heavy (non-hydrogen) atoms. The lowest BCUT2D eigenvalue weighted by Crippen LogP contribution is -2.10. The largest absolute Gasteiger partial charge is 0.207 e. The van der Waals surface area contributed by atoms with Crippen LogP contribution in [0.2, 0.25) is 0 Å². The molecule has 0 radical (unpaired) electrons. The van der Waals surface area contributed by atoms with Crippen molar-refractivity contribution in [1.29, 1.82) is 0 Å². The average molecular weight is 192 g/mol. The fraction of sp³-hybridized carbons (Fsp3) is 0.538. The van der Waals surface area contributed by atoms with E-state index in [0.717, 1.165) is 24.8 Å². The third-order valence-electron chi connectivity index (χ3n) is 2.33. The van der Waals surface area contributed by atoms with E-state index in [-0.39, 0.29) is 11.2 Å². The van der Waals surface area contributed by atoms with Crippen LogP contribution in [0, 0.1) is 17.3 Å². The predicted octanol–water partition coefficient (Wildman–Crippen LogP) is 4.00. The van der Waals surface area contributed by atoms with Crippen LogP contribution in [0.1, 0.15) is 40.0 Å². The molecule has 1 rings (SSSR count). The monoisotopic (exact) mass is 192 g/mol. The summed E-state index contributed by atoms with van der Waals surface area (Å²) in [4.78, 5) is 0. The zero-order chi connectivity index (χ0) is 10.6. The van der Waals surface area contributed by atoms with E-state index in [1.165, 1.54) is 0 Å². The van der Waals surface area contributed by atoms with Gasteiger partial charge in [-0.15, -0.1) is 5.92 Å². The first kappa shape index (κ1) is 11.0. The summed E-state index contributed by atoms with van der Waals surface area (Å²) in [5, 5.41) is 0. The molecule has 1 heteroatoms. The minimum absolute atomic E-state index is 0.0535. The number of rotatable bonds is 2. The molecule has 0 aromatic heterocycles. The number of halogens is 1. The molecule has 1 aliphatic carbocycles. The second-order valence-electron chi connectivity index (χ2n) is 4.33. The van der Waals surface area contributed by atoms with Crippen molar-refractivity contribution in [2.24, 2.45) is 5.41 Å². The summed E-state index contributed by atoms with van der Waals surface area (Å²) in [7, 11) is 0. The van der Waals surface area contributed by atoms with Gasteiger partial charge in [0.25, 0.3) is 0 Å². The zero-order valence-electron chi connectivity index (χ0n) is 9.15. The Hall–Kier alpha value is -1.03. The van der Waals surface area contributed by atoms with Crippen LogP contribution in [0.5, 0.6) is 0 Å². The summed E-state index contributed by atoms with van der Waals surface area (Å²) >= 11 is 0. The SMILES string of the molecule is CC#CC(C)(C)CC1=C(F)C=CCC1. The maximum Gasteiger partial charge on any atom is 0.122 e. The van der Waals surface area contributed by atoms with Gasteiger partial charge in [0.15, 0.2) is 0 Å². The average Bonchev–Trinajstić information content (AvgIpc) is 2.08. The lowest BCUT2D eigenvalue weighted by Gasteiger charge is -2.21. The summed E-state index contributed by atoms with van der Waals surface area (Å²) in [5.41, 5.74) is 0.812. The van der Waals surface area contributed by atoms with Crippen LogP contribution in [-0.4, -0.2) is 0 Å². The highest BCUT2D eigenvalue weighted by Crippen LogP contribution is 2.31. The van der Waals surface area contributed by atoms with Gasteiger partial charge in [-0.05, 0) is 51.7 Å². The highest BCUT2D eigenvalue weighted by molar-refractivity contribution is 5.26. The second kappa shape index (κ2) is 4.46. The van der Waals surface area contributed by atoms with E-state index in [0.29, 0.717) is 0 Å². The number of hydrogen-bond donors (Lipinski definition) is 0. The van der Waals surface area contributed by atoms with E-state index in [1.54, 1.807) is 6.08 Å². The summed E-state index contributed by atoms with van der Waals surface area (Å²) in [6.07, 6.45) is 6.01. The Morgan fingerprint density at radius 1 is 1.50 bits per heavy atom. The lowest BCUT2D eigenvalue weighted by atomic mass is 9.83. The summed E-state index contributed by atoms with van der Waals surface area (Å²) in [6, 6.07) is 0. The molecule has 0 aliphatic heterocycles. The standard InChI is InChI=1S/C13H17F/c1-4-9-13(2,3)10-11-7-5-6-8-12(11)14/h6,8H,5,7,10H2,1-3H3. The van der Waals surface area contributed by atoms with Gasteiger partial charge in [-0.3, -0.25) is 0 Å². The molecular formula is C13H17F.